The minimum atomic E-state index is -0.112. The number of H-pyrrole nitrogens is 1. The van der Waals surface area contributed by atoms with Crippen molar-refractivity contribution in [3.05, 3.63) is 77.1 Å². The van der Waals surface area contributed by atoms with Gasteiger partial charge in [0.2, 0.25) is 5.91 Å². The van der Waals surface area contributed by atoms with Gasteiger partial charge in [-0.05, 0) is 72.0 Å². The summed E-state index contributed by atoms with van der Waals surface area (Å²) < 4.78 is 3.39. The Hall–Kier alpha value is -4.20. The Morgan fingerprint density at radius 3 is 2.68 bits per heavy atom. The Morgan fingerprint density at radius 2 is 1.86 bits per heavy atom. The maximum Gasteiger partial charge on any atom is 0.269 e. The van der Waals surface area contributed by atoms with Crippen LogP contribution in [-0.2, 0) is 18.3 Å². The van der Waals surface area contributed by atoms with Crippen molar-refractivity contribution in [2.45, 2.75) is 25.7 Å². The number of nitrogens with zero attached hydrogens (tertiary/aromatic N) is 5. The summed E-state index contributed by atoms with van der Waals surface area (Å²) in [5.74, 6) is 1.52. The van der Waals surface area contributed by atoms with Gasteiger partial charge in [0.25, 0.3) is 5.56 Å². The van der Waals surface area contributed by atoms with Gasteiger partial charge < -0.3 is 9.88 Å². The highest BCUT2D eigenvalue weighted by atomic mass is 16.2. The molecule has 2 fully saturated rings. The molecule has 1 saturated carbocycles. The van der Waals surface area contributed by atoms with E-state index >= 15 is 0 Å². The Labute approximate surface area is 213 Å². The molecule has 0 radical (unpaired) electrons. The van der Waals surface area contributed by atoms with Crippen molar-refractivity contribution < 1.29 is 4.79 Å². The van der Waals surface area contributed by atoms with Gasteiger partial charge in [0.05, 0.1) is 11.9 Å². The summed E-state index contributed by atoms with van der Waals surface area (Å²) in [5, 5.41) is 5.95. The molecule has 1 saturated heterocycles. The van der Waals surface area contributed by atoms with E-state index in [1.54, 1.807) is 15.4 Å². The molecule has 1 amide bonds. The fourth-order valence-corrected chi connectivity index (χ4v) is 5.61. The number of aromatic amines is 1. The van der Waals surface area contributed by atoms with Crippen molar-refractivity contribution in [3.63, 3.8) is 0 Å². The summed E-state index contributed by atoms with van der Waals surface area (Å²) in [5.41, 5.74) is 4.58. The molecule has 5 aromatic rings. The summed E-state index contributed by atoms with van der Waals surface area (Å²) in [6.45, 7) is 1.52. The van der Waals surface area contributed by atoms with Gasteiger partial charge in [-0.1, -0.05) is 18.2 Å². The van der Waals surface area contributed by atoms with E-state index in [2.05, 4.69) is 46.5 Å². The minimum Gasteiger partial charge on any atom is -0.361 e. The molecule has 2 aromatic carbocycles. The van der Waals surface area contributed by atoms with E-state index in [1.165, 1.54) is 0 Å². The molecule has 186 valence electrons. The van der Waals surface area contributed by atoms with Gasteiger partial charge in [0.1, 0.15) is 11.2 Å². The SMILES string of the molecule is Cn1ncc2c(=O)n(-c3ccc(-c4ccc5[nH]ccc5c4)cc3)c(CC3CCN(C(=O)C4CC4)C3)nc21. The predicted octanol–water partition coefficient (Wildman–Crippen LogP) is 4.07. The maximum absolute atomic E-state index is 13.7. The van der Waals surface area contributed by atoms with Crippen LogP contribution < -0.4 is 5.56 Å². The quantitative estimate of drug-likeness (QED) is 0.401. The first-order chi connectivity index (χ1) is 18.0. The molecule has 8 heteroatoms. The van der Waals surface area contributed by atoms with Gasteiger partial charge in [-0.15, -0.1) is 0 Å². The van der Waals surface area contributed by atoms with Crippen LogP contribution in [0.4, 0.5) is 0 Å². The number of carbonyl (C=O) groups excluding carboxylic acids is 1. The van der Waals surface area contributed by atoms with Gasteiger partial charge >= 0.3 is 0 Å². The van der Waals surface area contributed by atoms with E-state index < -0.39 is 0 Å². The van der Waals surface area contributed by atoms with Crippen molar-refractivity contribution in [3.8, 4) is 16.8 Å². The lowest BCUT2D eigenvalue weighted by Crippen LogP contribution is -2.31. The average molecular weight is 493 g/mol. The molecule has 4 heterocycles. The third-order valence-electron chi connectivity index (χ3n) is 7.84. The highest BCUT2D eigenvalue weighted by molar-refractivity contribution is 5.85. The van der Waals surface area contributed by atoms with Gasteiger partial charge in [0, 0.05) is 44.2 Å². The van der Waals surface area contributed by atoms with Gasteiger partial charge in [-0.2, -0.15) is 5.10 Å². The topological polar surface area (TPSA) is 88.8 Å². The number of aromatic nitrogens is 5. The largest absolute Gasteiger partial charge is 0.361 e. The molecule has 37 heavy (non-hydrogen) atoms. The molecule has 0 spiro atoms. The van der Waals surface area contributed by atoms with Crippen LogP contribution in [0.3, 0.4) is 0 Å². The van der Waals surface area contributed by atoms with Crippen molar-refractivity contribution in [1.29, 1.82) is 0 Å². The molecule has 1 N–H and O–H groups in total. The highest BCUT2D eigenvalue weighted by Gasteiger charge is 2.37. The fourth-order valence-electron chi connectivity index (χ4n) is 5.61. The number of likely N-dealkylation sites (tertiary alicyclic amines) is 1. The normalized spacial score (nSPS) is 17.8. The third kappa shape index (κ3) is 3.84. The molecule has 3 aromatic heterocycles. The second kappa shape index (κ2) is 8.44. The Balaban J connectivity index is 1.24. The number of aryl methyl sites for hydroxylation is 1. The van der Waals surface area contributed by atoms with Gasteiger partial charge in [-0.25, -0.2) is 4.98 Å². The number of fused-ring (bicyclic) bond motifs is 2. The van der Waals surface area contributed by atoms with Crippen LogP contribution in [0.2, 0.25) is 0 Å². The zero-order chi connectivity index (χ0) is 25.1. The molecule has 1 unspecified atom stereocenters. The molecule has 7 rings (SSSR count). The van der Waals surface area contributed by atoms with E-state index in [1.807, 2.05) is 30.3 Å². The van der Waals surface area contributed by atoms with E-state index in [0.717, 1.165) is 60.1 Å². The first kappa shape index (κ1) is 22.0. The van der Waals surface area contributed by atoms with Crippen LogP contribution >= 0.6 is 0 Å². The number of nitrogens with one attached hydrogen (secondary N) is 1. The summed E-state index contributed by atoms with van der Waals surface area (Å²) in [6.07, 6.45) is 7.14. The second-order valence-corrected chi connectivity index (χ2v) is 10.4. The van der Waals surface area contributed by atoms with Gasteiger partial charge in [0.15, 0.2) is 5.65 Å². The maximum atomic E-state index is 13.7. The lowest BCUT2D eigenvalue weighted by atomic mass is 10.0. The summed E-state index contributed by atoms with van der Waals surface area (Å²) >= 11 is 0. The molecule has 0 bridgehead atoms. The number of carbonyl (C=O) groups is 1. The average Bonchev–Trinajstić information content (AvgIpc) is 3.28. The van der Waals surface area contributed by atoms with Crippen LogP contribution in [0.25, 0.3) is 38.8 Å². The number of hydrogen-bond acceptors (Lipinski definition) is 4. The lowest BCUT2D eigenvalue weighted by Gasteiger charge is -2.18. The van der Waals surface area contributed by atoms with Crippen molar-refractivity contribution in [1.82, 2.24) is 29.2 Å². The zero-order valence-corrected chi connectivity index (χ0v) is 20.7. The molecule has 2 aliphatic rings. The lowest BCUT2D eigenvalue weighted by molar-refractivity contribution is -0.131. The fraction of sp³-hybridized carbons (Fsp3) is 0.310. The van der Waals surface area contributed by atoms with Crippen LogP contribution in [0.1, 0.15) is 25.1 Å². The number of hydrogen-bond donors (Lipinski definition) is 1. The molecular weight excluding hydrogens is 464 g/mol. The molecule has 1 aliphatic carbocycles. The first-order valence-corrected chi connectivity index (χ1v) is 13.0. The summed E-state index contributed by atoms with van der Waals surface area (Å²) in [6, 6.07) is 16.5. The van der Waals surface area contributed by atoms with Crippen LogP contribution in [-0.4, -0.2) is 48.2 Å². The zero-order valence-electron chi connectivity index (χ0n) is 20.7. The highest BCUT2D eigenvalue weighted by Crippen LogP contribution is 2.33. The Kier molecular flexibility index (Phi) is 5.02. The van der Waals surface area contributed by atoms with Crippen molar-refractivity contribution in [2.24, 2.45) is 18.9 Å². The predicted molar refractivity (Wildman–Crippen MR) is 143 cm³/mol. The van der Waals surface area contributed by atoms with E-state index in [-0.39, 0.29) is 17.4 Å². The minimum absolute atomic E-state index is 0.112. The monoisotopic (exact) mass is 492 g/mol. The smallest absolute Gasteiger partial charge is 0.269 e. The third-order valence-corrected chi connectivity index (χ3v) is 7.84. The van der Waals surface area contributed by atoms with E-state index in [9.17, 15) is 9.59 Å². The Bertz CT molecular complexity index is 1710. The van der Waals surface area contributed by atoms with Crippen LogP contribution in [0.15, 0.2) is 65.7 Å². The van der Waals surface area contributed by atoms with Gasteiger partial charge in [-0.3, -0.25) is 18.8 Å². The van der Waals surface area contributed by atoms with Crippen molar-refractivity contribution >= 4 is 27.8 Å². The van der Waals surface area contributed by atoms with E-state index in [4.69, 9.17) is 4.98 Å². The summed E-state index contributed by atoms with van der Waals surface area (Å²) in [4.78, 5) is 36.4. The number of amides is 1. The molecule has 1 aliphatic heterocycles. The summed E-state index contributed by atoms with van der Waals surface area (Å²) in [7, 11) is 1.81. The van der Waals surface area contributed by atoms with Crippen LogP contribution in [0.5, 0.6) is 0 Å². The van der Waals surface area contributed by atoms with E-state index in [0.29, 0.717) is 29.2 Å². The first-order valence-electron chi connectivity index (χ1n) is 13.0. The standard InChI is InChI=1S/C29H28N6O2/c1-33-27-24(16-31-33)29(37)35(26(32-27)14-18-11-13-34(17-18)28(36)20-2-3-20)23-7-4-19(5-8-23)21-6-9-25-22(15-21)10-12-30-25/h4-10,12,15-16,18,20,30H,2-3,11,13-14,17H2,1H3. The number of rotatable bonds is 5. The molecule has 1 atom stereocenters. The van der Waals surface area contributed by atoms with Crippen LogP contribution in [0, 0.1) is 11.8 Å². The second-order valence-electron chi connectivity index (χ2n) is 10.4. The van der Waals surface area contributed by atoms with Crippen molar-refractivity contribution in [2.75, 3.05) is 13.1 Å². The molecule has 8 nitrogen and oxygen atoms in total. The number of benzene rings is 2. The molecular formula is C29H28N6O2. The Morgan fingerprint density at radius 1 is 1.05 bits per heavy atom.